The third kappa shape index (κ3) is 10.5. The zero-order valence-corrected chi connectivity index (χ0v) is 32.1. The van der Waals surface area contributed by atoms with E-state index < -0.39 is 117 Å². The molecule has 0 unspecified atom stereocenters. The Bertz CT molecular complexity index is 968. The topological polar surface area (TPSA) is 208 Å². The van der Waals surface area contributed by atoms with Crippen LogP contribution >= 0.6 is 0 Å². The van der Waals surface area contributed by atoms with Crippen LogP contribution in [0.1, 0.15) is 6.92 Å². The molecule has 3 N–H and O–H groups in total. The molecule has 3 aliphatic heterocycles. The fourth-order valence-electron chi connectivity index (χ4n) is 7.11. The summed E-state index contributed by atoms with van der Waals surface area (Å²) in [6.07, 6.45) is -16.2. The number of rotatable bonds is 22. The molecule has 0 aliphatic carbocycles. The maximum atomic E-state index is 11.0. The minimum atomic E-state index is -1.33. The van der Waals surface area contributed by atoms with Crippen LogP contribution in [0.3, 0.4) is 0 Å². The number of aliphatic hydroxyl groups is 3. The molecule has 0 aromatic rings. The van der Waals surface area contributed by atoms with E-state index in [1.165, 1.54) is 56.9 Å². The Labute approximate surface area is 306 Å². The second kappa shape index (κ2) is 22.7. The summed E-state index contributed by atoms with van der Waals surface area (Å²) >= 11 is 0. The highest BCUT2D eigenvalue weighted by molar-refractivity contribution is 4.97. The molecule has 3 rings (SSSR count). The lowest BCUT2D eigenvalue weighted by Crippen LogP contribution is -2.66. The zero-order valence-electron chi connectivity index (χ0n) is 32.1. The zero-order chi connectivity index (χ0) is 38.5. The minimum Gasteiger partial charge on any atom is -0.394 e. The summed E-state index contributed by atoms with van der Waals surface area (Å²) in [6, 6.07) is 0. The molecule has 3 saturated heterocycles. The minimum absolute atomic E-state index is 0.00604. The highest BCUT2D eigenvalue weighted by Crippen LogP contribution is 2.34. The lowest BCUT2D eigenvalue weighted by Gasteiger charge is -2.49. The van der Waals surface area contributed by atoms with E-state index in [4.69, 9.17) is 75.8 Å². The summed E-state index contributed by atoms with van der Waals surface area (Å²) in [5.74, 6) is 0. The Kier molecular flexibility index (Phi) is 19.9. The van der Waals surface area contributed by atoms with Crippen LogP contribution in [0.25, 0.3) is 0 Å². The van der Waals surface area contributed by atoms with Gasteiger partial charge in [-0.1, -0.05) is 0 Å². The van der Waals surface area contributed by atoms with Gasteiger partial charge in [-0.05, 0) is 6.92 Å². The third-order valence-electron chi connectivity index (χ3n) is 9.82. The van der Waals surface area contributed by atoms with Crippen molar-refractivity contribution in [3.05, 3.63) is 0 Å². The Hall–Kier alpha value is -0.760. The van der Waals surface area contributed by atoms with E-state index in [0.29, 0.717) is 0 Å². The van der Waals surface area contributed by atoms with Gasteiger partial charge in [-0.2, -0.15) is 0 Å². The van der Waals surface area contributed by atoms with Gasteiger partial charge >= 0.3 is 0 Å². The van der Waals surface area contributed by atoms with Crippen molar-refractivity contribution in [2.24, 2.45) is 0 Å². The van der Waals surface area contributed by atoms with Crippen molar-refractivity contribution >= 4 is 0 Å². The largest absolute Gasteiger partial charge is 0.394 e. The SMILES string of the molecule is COC[C@@H](O)[C@@H](OC)[C@H](OC)[C@H](CO)O[C@@H]1O[C@H](CO[C@@H]2O[C@@H](C)[C@H](OC)[C@@H](OC)[C@H]2OC)[C@@H](OC)[C@H](OC)[C@H]1O[C@@H]1OC[C@@H](OC)[C@H](O)[C@H]1OC. The summed E-state index contributed by atoms with van der Waals surface area (Å²) in [6.45, 7) is 1.05. The summed E-state index contributed by atoms with van der Waals surface area (Å²) < 4.78 is 94.1. The van der Waals surface area contributed by atoms with E-state index in [-0.39, 0.29) is 19.8 Å². The number of ether oxygens (including phenoxy) is 16. The van der Waals surface area contributed by atoms with E-state index in [0.717, 1.165) is 0 Å². The summed E-state index contributed by atoms with van der Waals surface area (Å²) in [5, 5.41) is 32.4. The van der Waals surface area contributed by atoms with Crippen LogP contribution in [-0.4, -0.2) is 223 Å². The van der Waals surface area contributed by atoms with E-state index in [1.807, 2.05) is 6.92 Å². The average Bonchev–Trinajstić information content (AvgIpc) is 3.15. The van der Waals surface area contributed by atoms with Gasteiger partial charge in [0.2, 0.25) is 0 Å². The van der Waals surface area contributed by atoms with Crippen LogP contribution < -0.4 is 0 Å². The molecule has 19 heteroatoms. The normalized spacial score (nSPS) is 39.6. The van der Waals surface area contributed by atoms with Crippen molar-refractivity contribution in [3.63, 3.8) is 0 Å². The molecule has 0 radical (unpaired) electrons. The molecule has 19 nitrogen and oxygen atoms in total. The molecule has 0 amide bonds. The monoisotopic (exact) mass is 762 g/mol. The molecule has 52 heavy (non-hydrogen) atoms. The first-order chi connectivity index (χ1) is 25.1. The predicted molar refractivity (Wildman–Crippen MR) is 177 cm³/mol. The van der Waals surface area contributed by atoms with Crippen LogP contribution in [-0.2, 0) is 75.8 Å². The van der Waals surface area contributed by atoms with Gasteiger partial charge in [-0.25, -0.2) is 0 Å². The summed E-state index contributed by atoms with van der Waals surface area (Å²) in [4.78, 5) is 0. The summed E-state index contributed by atoms with van der Waals surface area (Å²) in [7, 11) is 14.6. The Morgan fingerprint density at radius 2 is 1.25 bits per heavy atom. The molecule has 0 bridgehead atoms. The Morgan fingerprint density at radius 1 is 0.654 bits per heavy atom. The second-order valence-electron chi connectivity index (χ2n) is 12.6. The van der Waals surface area contributed by atoms with Gasteiger partial charge in [0.1, 0.15) is 85.5 Å². The number of hydrogen-bond acceptors (Lipinski definition) is 19. The van der Waals surface area contributed by atoms with Crippen molar-refractivity contribution in [2.45, 2.75) is 117 Å². The van der Waals surface area contributed by atoms with Gasteiger partial charge < -0.3 is 91.1 Å². The lowest BCUT2D eigenvalue weighted by atomic mass is 9.97. The van der Waals surface area contributed by atoms with Crippen LogP contribution in [0.5, 0.6) is 0 Å². The van der Waals surface area contributed by atoms with Crippen molar-refractivity contribution in [2.75, 3.05) is 97.5 Å². The molecule has 0 saturated carbocycles. The molecule has 3 aliphatic rings. The number of aliphatic hydroxyl groups excluding tert-OH is 3. The Balaban J connectivity index is 1.97. The van der Waals surface area contributed by atoms with Crippen molar-refractivity contribution in [3.8, 4) is 0 Å². The van der Waals surface area contributed by atoms with E-state index in [9.17, 15) is 15.3 Å². The highest BCUT2D eigenvalue weighted by atomic mass is 16.8. The maximum Gasteiger partial charge on any atom is 0.187 e. The van der Waals surface area contributed by atoms with Crippen LogP contribution in [0.4, 0.5) is 0 Å². The van der Waals surface area contributed by atoms with Crippen molar-refractivity contribution in [1.82, 2.24) is 0 Å². The standard InChI is InChI=1S/C33H62O19/c1-16-22(39-4)27(44-9)29(46-11)32(49-16)48-15-20-25(42-7)28(45-10)30(52-31-26(43-8)21(36)19(38-3)14-47-31)33(51-20)50-18(12-34)24(41-6)23(40-5)17(35)13-37-2/h16-36H,12-15H2,1-11H3/t16-,17+,18-,19+,20+,21-,22-,23+,24+,25+,26+,27+,28-,29+,30+,31-,32+,33+/m0/s1. The van der Waals surface area contributed by atoms with Crippen LogP contribution in [0.2, 0.25) is 0 Å². The van der Waals surface area contributed by atoms with Crippen LogP contribution in [0.15, 0.2) is 0 Å². The fourth-order valence-corrected chi connectivity index (χ4v) is 7.11. The highest BCUT2D eigenvalue weighted by Gasteiger charge is 2.54. The van der Waals surface area contributed by atoms with Gasteiger partial charge in [0.05, 0.1) is 32.5 Å². The van der Waals surface area contributed by atoms with Gasteiger partial charge in [-0.15, -0.1) is 0 Å². The fraction of sp³-hybridized carbons (Fsp3) is 1.00. The molecule has 3 heterocycles. The molecule has 0 aromatic heterocycles. The van der Waals surface area contributed by atoms with Crippen molar-refractivity contribution < 1.29 is 91.1 Å². The molecular formula is C33H62O19. The first kappa shape index (κ1) is 45.6. The van der Waals surface area contributed by atoms with Crippen molar-refractivity contribution in [1.29, 1.82) is 0 Å². The smallest absolute Gasteiger partial charge is 0.187 e. The average molecular weight is 763 g/mol. The molecule has 308 valence electrons. The van der Waals surface area contributed by atoms with Gasteiger partial charge in [0.15, 0.2) is 18.9 Å². The molecule has 0 aromatic carbocycles. The maximum absolute atomic E-state index is 11.0. The van der Waals surface area contributed by atoms with Gasteiger partial charge in [-0.3, -0.25) is 0 Å². The molecule has 3 fully saturated rings. The first-order valence-corrected chi connectivity index (χ1v) is 17.1. The second-order valence-corrected chi connectivity index (χ2v) is 12.6. The molecule has 0 spiro atoms. The number of methoxy groups -OCH3 is 10. The summed E-state index contributed by atoms with van der Waals surface area (Å²) in [5.41, 5.74) is 0. The third-order valence-corrected chi connectivity index (χ3v) is 9.82. The quantitative estimate of drug-likeness (QED) is 0.110. The van der Waals surface area contributed by atoms with Crippen LogP contribution in [0, 0.1) is 0 Å². The predicted octanol–water partition coefficient (Wildman–Crippen LogP) is -1.91. The molecule has 18 atom stereocenters. The van der Waals surface area contributed by atoms with E-state index >= 15 is 0 Å². The van der Waals surface area contributed by atoms with E-state index in [1.54, 1.807) is 14.2 Å². The molecular weight excluding hydrogens is 700 g/mol. The first-order valence-electron chi connectivity index (χ1n) is 17.1. The van der Waals surface area contributed by atoms with Gasteiger partial charge in [0, 0.05) is 71.1 Å². The van der Waals surface area contributed by atoms with E-state index in [2.05, 4.69) is 0 Å². The lowest BCUT2D eigenvalue weighted by molar-refractivity contribution is -0.377. The Morgan fingerprint density at radius 3 is 1.77 bits per heavy atom. The number of hydrogen-bond donors (Lipinski definition) is 3. The van der Waals surface area contributed by atoms with Gasteiger partial charge in [0.25, 0.3) is 0 Å².